The maximum atomic E-state index is 14.1. The van der Waals surface area contributed by atoms with Crippen LogP contribution in [-0.4, -0.2) is 41.2 Å². The number of rotatable bonds is 8. The van der Waals surface area contributed by atoms with E-state index in [-0.39, 0.29) is 23.7 Å². The van der Waals surface area contributed by atoms with Crippen LogP contribution in [-0.2, 0) is 23.9 Å². The summed E-state index contributed by atoms with van der Waals surface area (Å²) in [5, 5.41) is 2.78. The Morgan fingerprint density at radius 2 is 1.39 bits per heavy atom. The predicted octanol–water partition coefficient (Wildman–Crippen LogP) is 5.24. The van der Waals surface area contributed by atoms with Crippen molar-refractivity contribution in [2.75, 3.05) is 11.9 Å². The number of hydrogen-bond acceptors (Lipinski definition) is 5. The average Bonchev–Trinajstić information content (AvgIpc) is 3.24. The van der Waals surface area contributed by atoms with Gasteiger partial charge in [-0.2, -0.15) is 0 Å². The Kier molecular flexibility index (Phi) is 6.98. The van der Waals surface area contributed by atoms with Gasteiger partial charge in [0.15, 0.2) is 6.61 Å². The molecule has 1 aliphatic heterocycles. The van der Waals surface area contributed by atoms with E-state index in [1.807, 2.05) is 63.2 Å². The highest BCUT2D eigenvalue weighted by atomic mass is 16.5. The Labute approximate surface area is 239 Å². The van der Waals surface area contributed by atoms with Gasteiger partial charge in [-0.05, 0) is 54.2 Å². The van der Waals surface area contributed by atoms with E-state index in [4.69, 9.17) is 4.74 Å². The molecule has 0 spiro atoms. The van der Waals surface area contributed by atoms with E-state index in [2.05, 4.69) is 29.6 Å². The van der Waals surface area contributed by atoms with Gasteiger partial charge in [0.2, 0.25) is 11.8 Å². The van der Waals surface area contributed by atoms with Crippen LogP contribution in [0, 0.1) is 25.7 Å². The van der Waals surface area contributed by atoms with E-state index in [1.165, 1.54) is 4.90 Å². The van der Waals surface area contributed by atoms with Crippen molar-refractivity contribution in [2.24, 2.45) is 11.8 Å². The first-order chi connectivity index (χ1) is 19.8. The fraction of sp³-hybridized carbons (Fsp3) is 0.353. The summed E-state index contributed by atoms with van der Waals surface area (Å²) in [6.07, 6.45) is 1.70. The quantitative estimate of drug-likeness (QED) is 0.306. The molecular weight excluding hydrogens is 516 g/mol. The second-order valence-electron chi connectivity index (χ2n) is 11.4. The fourth-order valence-corrected chi connectivity index (χ4v) is 7.13. The molecule has 1 heterocycles. The van der Waals surface area contributed by atoms with Crippen molar-refractivity contribution in [3.8, 4) is 0 Å². The predicted molar refractivity (Wildman–Crippen MR) is 154 cm³/mol. The Bertz CT molecular complexity index is 1450. The summed E-state index contributed by atoms with van der Waals surface area (Å²) in [5.41, 5.74) is 6.94. The topological polar surface area (TPSA) is 92.8 Å². The molecule has 0 unspecified atom stereocenters. The number of nitrogens with one attached hydrogen (secondary N) is 1. The standard InChI is InChI=1S/C34H34N2O5/c1-4-5-14-26(34(40)41-18-27(37)35-25-16-15-19(2)17-20(25)3)36-32(38)30-28-21-10-6-7-11-22(21)29(31(30)33(36)39)24-13-9-8-12-23(24)28/h6-13,15-17,26,28-31H,4-5,14,18H2,1-3H3,(H,35,37)/t26-,28?,29?,30+,31+/m1/s1. The van der Waals surface area contributed by atoms with Crippen molar-refractivity contribution in [2.45, 2.75) is 57.9 Å². The molecule has 1 fully saturated rings. The van der Waals surface area contributed by atoms with Crippen molar-refractivity contribution in [1.82, 2.24) is 4.90 Å². The number of carbonyl (C=O) groups excluding carboxylic acids is 4. The fourth-order valence-electron chi connectivity index (χ4n) is 7.13. The molecule has 2 bridgehead atoms. The minimum atomic E-state index is -1.07. The number of nitrogens with zero attached hydrogens (tertiary/aromatic N) is 1. The number of amides is 3. The SMILES string of the molecule is CCCC[C@H](C(=O)OCC(=O)Nc1ccc(C)cc1C)N1C(=O)[C@H]2C3c4ccccc4C(c4ccccc43)[C@@H]2C1=O. The molecule has 3 aliphatic carbocycles. The summed E-state index contributed by atoms with van der Waals surface area (Å²) >= 11 is 0. The smallest absolute Gasteiger partial charge is 0.329 e. The van der Waals surface area contributed by atoms with Crippen LogP contribution >= 0.6 is 0 Å². The second kappa shape index (κ2) is 10.6. The summed E-state index contributed by atoms with van der Waals surface area (Å²) < 4.78 is 5.46. The number of aryl methyl sites for hydroxylation is 2. The third kappa shape index (κ3) is 4.44. The van der Waals surface area contributed by atoms with Crippen LogP contribution in [0.4, 0.5) is 5.69 Å². The molecule has 3 atom stereocenters. The summed E-state index contributed by atoms with van der Waals surface area (Å²) in [5.74, 6) is -3.47. The third-order valence-electron chi connectivity index (χ3n) is 8.90. The zero-order valence-corrected chi connectivity index (χ0v) is 23.6. The van der Waals surface area contributed by atoms with Crippen LogP contribution < -0.4 is 5.32 Å². The molecular formula is C34H34N2O5. The largest absolute Gasteiger partial charge is 0.454 e. The van der Waals surface area contributed by atoms with Crippen molar-refractivity contribution in [3.05, 3.63) is 100 Å². The highest BCUT2D eigenvalue weighted by Crippen LogP contribution is 2.61. The normalized spacial score (nSPS) is 22.6. The van der Waals surface area contributed by atoms with Gasteiger partial charge >= 0.3 is 5.97 Å². The van der Waals surface area contributed by atoms with Crippen LogP contribution in [0.3, 0.4) is 0 Å². The number of esters is 1. The lowest BCUT2D eigenvalue weighted by Gasteiger charge is -2.45. The highest BCUT2D eigenvalue weighted by molar-refractivity contribution is 6.10. The van der Waals surface area contributed by atoms with Crippen molar-refractivity contribution in [3.63, 3.8) is 0 Å². The molecule has 3 aromatic carbocycles. The summed E-state index contributed by atoms with van der Waals surface area (Å²) in [6.45, 7) is 5.35. The average molecular weight is 551 g/mol. The lowest BCUT2D eigenvalue weighted by atomic mass is 9.55. The van der Waals surface area contributed by atoms with Gasteiger partial charge in [0.05, 0.1) is 11.8 Å². The molecule has 7 nitrogen and oxygen atoms in total. The molecule has 210 valence electrons. The Morgan fingerprint density at radius 3 is 1.88 bits per heavy atom. The molecule has 3 aromatic rings. The highest BCUT2D eigenvalue weighted by Gasteiger charge is 2.63. The minimum absolute atomic E-state index is 0.245. The summed E-state index contributed by atoms with van der Waals surface area (Å²) in [6, 6.07) is 20.7. The monoisotopic (exact) mass is 550 g/mol. The number of anilines is 1. The number of imide groups is 1. The summed E-state index contributed by atoms with van der Waals surface area (Å²) in [7, 11) is 0. The van der Waals surface area contributed by atoms with Gasteiger partial charge in [-0.25, -0.2) is 4.79 Å². The number of carbonyl (C=O) groups is 4. The molecule has 4 aliphatic rings. The van der Waals surface area contributed by atoms with Gasteiger partial charge in [0.25, 0.3) is 5.91 Å². The van der Waals surface area contributed by atoms with Gasteiger partial charge in [-0.1, -0.05) is 86.0 Å². The van der Waals surface area contributed by atoms with Gasteiger partial charge in [-0.15, -0.1) is 0 Å². The van der Waals surface area contributed by atoms with E-state index >= 15 is 0 Å². The molecule has 1 N–H and O–H groups in total. The van der Waals surface area contributed by atoms with E-state index in [0.29, 0.717) is 18.5 Å². The van der Waals surface area contributed by atoms with Crippen LogP contribution in [0.15, 0.2) is 66.7 Å². The molecule has 0 radical (unpaired) electrons. The number of ether oxygens (including phenoxy) is 1. The number of unbranched alkanes of at least 4 members (excludes halogenated alkanes) is 1. The van der Waals surface area contributed by atoms with Gasteiger partial charge in [0.1, 0.15) is 6.04 Å². The van der Waals surface area contributed by atoms with E-state index < -0.39 is 36.4 Å². The summed E-state index contributed by atoms with van der Waals surface area (Å²) in [4.78, 5) is 55.6. The van der Waals surface area contributed by atoms with Crippen molar-refractivity contribution in [1.29, 1.82) is 0 Å². The molecule has 7 heteroatoms. The maximum absolute atomic E-state index is 14.1. The van der Waals surface area contributed by atoms with Gasteiger partial charge in [0, 0.05) is 17.5 Å². The van der Waals surface area contributed by atoms with E-state index in [9.17, 15) is 19.2 Å². The lowest BCUT2D eigenvalue weighted by Crippen LogP contribution is -2.47. The number of likely N-dealkylation sites (tertiary alicyclic amines) is 1. The molecule has 7 rings (SSSR count). The van der Waals surface area contributed by atoms with Crippen molar-refractivity contribution < 1.29 is 23.9 Å². The molecule has 0 saturated carbocycles. The second-order valence-corrected chi connectivity index (χ2v) is 11.4. The van der Waals surface area contributed by atoms with Gasteiger partial charge in [-0.3, -0.25) is 19.3 Å². The van der Waals surface area contributed by atoms with Crippen LogP contribution in [0.2, 0.25) is 0 Å². The first kappa shape index (κ1) is 26.9. The zero-order valence-electron chi connectivity index (χ0n) is 23.6. The maximum Gasteiger partial charge on any atom is 0.329 e. The molecule has 1 saturated heterocycles. The Balaban J connectivity index is 1.26. The molecule has 41 heavy (non-hydrogen) atoms. The van der Waals surface area contributed by atoms with Crippen LogP contribution in [0.5, 0.6) is 0 Å². The van der Waals surface area contributed by atoms with Gasteiger partial charge < -0.3 is 10.1 Å². The molecule has 3 amide bonds. The Morgan fingerprint density at radius 1 is 0.854 bits per heavy atom. The van der Waals surface area contributed by atoms with E-state index in [1.54, 1.807) is 0 Å². The van der Waals surface area contributed by atoms with Crippen molar-refractivity contribution >= 4 is 29.4 Å². The van der Waals surface area contributed by atoms with Crippen LogP contribution in [0.1, 0.15) is 71.4 Å². The first-order valence-electron chi connectivity index (χ1n) is 14.4. The number of benzene rings is 3. The Hall–Kier alpha value is -4.26. The minimum Gasteiger partial charge on any atom is -0.454 e. The number of hydrogen-bond donors (Lipinski definition) is 1. The first-order valence-corrected chi connectivity index (χ1v) is 14.4. The van der Waals surface area contributed by atoms with E-state index in [0.717, 1.165) is 39.8 Å². The third-order valence-corrected chi connectivity index (χ3v) is 8.90. The zero-order chi connectivity index (χ0) is 28.8. The molecule has 0 aromatic heterocycles. The lowest BCUT2D eigenvalue weighted by molar-refractivity contribution is -0.160. The van der Waals surface area contributed by atoms with Crippen LogP contribution in [0.25, 0.3) is 0 Å².